The van der Waals surface area contributed by atoms with Gasteiger partial charge in [-0.25, -0.2) is 4.98 Å². The van der Waals surface area contributed by atoms with Crippen molar-refractivity contribution in [3.8, 4) is 22.7 Å². The molecule has 6 heteroatoms. The normalized spacial score (nSPS) is 23.3. The molecule has 3 aromatic rings. The molecule has 2 bridgehead atoms. The Morgan fingerprint density at radius 1 is 1.03 bits per heavy atom. The van der Waals surface area contributed by atoms with Crippen molar-refractivity contribution in [2.75, 3.05) is 11.9 Å². The van der Waals surface area contributed by atoms with Crippen LogP contribution in [-0.2, 0) is 0 Å². The van der Waals surface area contributed by atoms with Crippen LogP contribution in [0, 0.1) is 18.8 Å². The highest BCUT2D eigenvalue weighted by Crippen LogP contribution is 2.43. The monoisotopic (exact) mass is 389 g/mol. The summed E-state index contributed by atoms with van der Waals surface area (Å²) in [4.78, 5) is 6.53. The fourth-order valence-corrected chi connectivity index (χ4v) is 5.09. The second-order valence-corrected chi connectivity index (χ2v) is 8.68. The van der Waals surface area contributed by atoms with E-state index in [0.29, 0.717) is 17.3 Å². The Hall–Kier alpha value is -2.89. The summed E-state index contributed by atoms with van der Waals surface area (Å²) in [6, 6.07) is 10.1. The molecule has 1 unspecified atom stereocenters. The zero-order valence-corrected chi connectivity index (χ0v) is 17.0. The SMILES string of the molecule is Cc1cn(-c2ccc(-c3ccc(N(C)[C@H]4CC5CC[C@@H](C5)C4)nn3)c(O)c2)cn1. The number of rotatable bonds is 4. The molecule has 6 nitrogen and oxygen atoms in total. The average Bonchev–Trinajstić information content (AvgIpc) is 3.32. The lowest BCUT2D eigenvalue weighted by Gasteiger charge is -2.35. The van der Waals surface area contributed by atoms with Crippen molar-refractivity contribution in [3.05, 3.63) is 48.5 Å². The molecule has 2 aromatic heterocycles. The Labute approximate surface area is 171 Å². The van der Waals surface area contributed by atoms with Gasteiger partial charge in [-0.3, -0.25) is 0 Å². The van der Waals surface area contributed by atoms with E-state index in [0.717, 1.165) is 29.0 Å². The molecule has 0 aliphatic heterocycles. The van der Waals surface area contributed by atoms with E-state index in [1.807, 2.05) is 42.0 Å². The van der Waals surface area contributed by atoms with Crippen LogP contribution in [0.3, 0.4) is 0 Å². The Kier molecular flexibility index (Phi) is 4.49. The van der Waals surface area contributed by atoms with Crippen molar-refractivity contribution < 1.29 is 5.11 Å². The summed E-state index contributed by atoms with van der Waals surface area (Å²) < 4.78 is 1.89. The second-order valence-electron chi connectivity index (χ2n) is 8.68. The first kappa shape index (κ1) is 18.2. The highest BCUT2D eigenvalue weighted by molar-refractivity contribution is 5.69. The van der Waals surface area contributed by atoms with Gasteiger partial charge >= 0.3 is 0 Å². The minimum absolute atomic E-state index is 0.188. The topological polar surface area (TPSA) is 67.1 Å². The van der Waals surface area contributed by atoms with Crippen LogP contribution in [0.25, 0.3) is 16.9 Å². The molecule has 29 heavy (non-hydrogen) atoms. The first-order valence-corrected chi connectivity index (χ1v) is 10.5. The maximum Gasteiger partial charge on any atom is 0.151 e. The van der Waals surface area contributed by atoms with Gasteiger partial charge in [0.2, 0.25) is 0 Å². The van der Waals surface area contributed by atoms with E-state index in [1.165, 1.54) is 32.1 Å². The molecule has 3 atom stereocenters. The standard InChI is InChI=1S/C23H27N5O/c1-15-13-28(14-24-15)18-5-6-20(22(29)12-18)21-7-8-23(26-25-21)27(2)19-10-16-3-4-17(9-16)11-19/h5-8,12-14,16-17,19,29H,3-4,9-11H2,1-2H3/t16-,17?,19+/m0/s1. The van der Waals surface area contributed by atoms with E-state index in [-0.39, 0.29) is 5.75 Å². The van der Waals surface area contributed by atoms with Crippen LogP contribution in [-0.4, -0.2) is 37.9 Å². The van der Waals surface area contributed by atoms with Crippen LogP contribution < -0.4 is 4.90 Å². The van der Waals surface area contributed by atoms with E-state index in [9.17, 15) is 5.11 Å². The number of aromatic nitrogens is 4. The van der Waals surface area contributed by atoms with Crippen LogP contribution >= 0.6 is 0 Å². The number of imidazole rings is 1. The predicted molar refractivity (Wildman–Crippen MR) is 113 cm³/mol. The smallest absolute Gasteiger partial charge is 0.151 e. The van der Waals surface area contributed by atoms with E-state index in [1.54, 1.807) is 12.4 Å². The summed E-state index contributed by atoms with van der Waals surface area (Å²) >= 11 is 0. The minimum Gasteiger partial charge on any atom is -0.507 e. The highest BCUT2D eigenvalue weighted by Gasteiger charge is 2.36. The molecule has 1 aromatic carbocycles. The lowest BCUT2D eigenvalue weighted by atomic mass is 9.85. The van der Waals surface area contributed by atoms with E-state index in [2.05, 4.69) is 27.1 Å². The molecule has 2 heterocycles. The predicted octanol–water partition coefficient (Wildman–Crippen LogP) is 4.36. The molecule has 2 aliphatic carbocycles. The minimum atomic E-state index is 0.188. The quantitative estimate of drug-likeness (QED) is 0.718. The van der Waals surface area contributed by atoms with Crippen LogP contribution in [0.15, 0.2) is 42.9 Å². The van der Waals surface area contributed by atoms with Crippen molar-refractivity contribution in [3.63, 3.8) is 0 Å². The summed E-state index contributed by atoms with van der Waals surface area (Å²) in [5, 5.41) is 19.4. The number of benzene rings is 1. The van der Waals surface area contributed by atoms with E-state index < -0.39 is 0 Å². The molecule has 2 aliphatic rings. The maximum atomic E-state index is 10.5. The Bertz CT molecular complexity index is 1000. The molecular weight excluding hydrogens is 362 g/mol. The number of aryl methyl sites for hydroxylation is 1. The average molecular weight is 390 g/mol. The molecule has 2 saturated carbocycles. The first-order chi connectivity index (χ1) is 14.1. The van der Waals surface area contributed by atoms with Crippen molar-refractivity contribution in [2.24, 2.45) is 11.8 Å². The first-order valence-electron chi connectivity index (χ1n) is 10.5. The van der Waals surface area contributed by atoms with Gasteiger partial charge in [0, 0.05) is 30.9 Å². The largest absolute Gasteiger partial charge is 0.507 e. The van der Waals surface area contributed by atoms with Crippen molar-refractivity contribution in [1.82, 2.24) is 19.7 Å². The molecule has 0 saturated heterocycles. The van der Waals surface area contributed by atoms with Gasteiger partial charge in [0.15, 0.2) is 5.82 Å². The van der Waals surface area contributed by atoms with E-state index in [4.69, 9.17) is 0 Å². The van der Waals surface area contributed by atoms with Gasteiger partial charge < -0.3 is 14.6 Å². The summed E-state index contributed by atoms with van der Waals surface area (Å²) in [6.07, 6.45) is 10.4. The van der Waals surface area contributed by atoms with Gasteiger partial charge in [-0.2, -0.15) is 0 Å². The van der Waals surface area contributed by atoms with Crippen molar-refractivity contribution in [1.29, 1.82) is 0 Å². The molecule has 1 N–H and O–H groups in total. The fourth-order valence-electron chi connectivity index (χ4n) is 5.09. The second kappa shape index (κ2) is 7.17. The zero-order chi connectivity index (χ0) is 20.0. The Morgan fingerprint density at radius 2 is 1.83 bits per heavy atom. The Morgan fingerprint density at radius 3 is 2.45 bits per heavy atom. The third-order valence-electron chi connectivity index (χ3n) is 6.69. The number of hydrogen-bond acceptors (Lipinski definition) is 5. The lowest BCUT2D eigenvalue weighted by molar-refractivity contribution is 0.312. The highest BCUT2D eigenvalue weighted by atomic mass is 16.3. The van der Waals surface area contributed by atoms with E-state index >= 15 is 0 Å². The maximum absolute atomic E-state index is 10.5. The van der Waals surface area contributed by atoms with Crippen LogP contribution in [0.2, 0.25) is 0 Å². The summed E-state index contributed by atoms with van der Waals surface area (Å²) in [5.41, 5.74) is 3.16. The molecule has 0 spiro atoms. The Balaban J connectivity index is 1.34. The van der Waals surface area contributed by atoms with Gasteiger partial charge in [0.1, 0.15) is 5.75 Å². The molecule has 2 fully saturated rings. The number of nitrogens with zero attached hydrogens (tertiary/aromatic N) is 5. The van der Waals surface area contributed by atoms with Gasteiger partial charge in [0.25, 0.3) is 0 Å². The molecule has 0 radical (unpaired) electrons. The molecular formula is C23H27N5O. The van der Waals surface area contributed by atoms with Gasteiger partial charge in [-0.1, -0.05) is 12.8 Å². The fraction of sp³-hybridized carbons (Fsp3) is 0.435. The number of phenols is 1. The molecule has 150 valence electrons. The van der Waals surface area contributed by atoms with Crippen LogP contribution in [0.4, 0.5) is 5.82 Å². The molecule has 0 amide bonds. The number of phenolic OH excluding ortho intramolecular Hbond substituents is 1. The van der Waals surface area contributed by atoms with Gasteiger partial charge in [0.05, 0.1) is 23.4 Å². The summed E-state index contributed by atoms with van der Waals surface area (Å²) in [6.45, 7) is 1.94. The number of hydrogen-bond donors (Lipinski definition) is 1. The lowest BCUT2D eigenvalue weighted by Crippen LogP contribution is -2.37. The number of aromatic hydroxyl groups is 1. The number of anilines is 1. The van der Waals surface area contributed by atoms with Gasteiger partial charge in [-0.05, 0) is 62.3 Å². The van der Waals surface area contributed by atoms with Crippen molar-refractivity contribution in [2.45, 2.75) is 45.1 Å². The third kappa shape index (κ3) is 3.48. The molecule has 5 rings (SSSR count). The van der Waals surface area contributed by atoms with Crippen LogP contribution in [0.5, 0.6) is 5.75 Å². The van der Waals surface area contributed by atoms with Crippen LogP contribution in [0.1, 0.15) is 37.8 Å². The third-order valence-corrected chi connectivity index (χ3v) is 6.69. The van der Waals surface area contributed by atoms with Gasteiger partial charge in [-0.15, -0.1) is 10.2 Å². The summed E-state index contributed by atoms with van der Waals surface area (Å²) in [5.74, 6) is 2.88. The van der Waals surface area contributed by atoms with Crippen molar-refractivity contribution >= 4 is 5.82 Å². The summed E-state index contributed by atoms with van der Waals surface area (Å²) in [7, 11) is 2.14. The number of fused-ring (bicyclic) bond motifs is 2. The zero-order valence-electron chi connectivity index (χ0n) is 17.0.